The molecule has 2 N–H and O–H groups in total. The minimum absolute atomic E-state index is 0.00698. The van der Waals surface area contributed by atoms with Crippen molar-refractivity contribution in [1.82, 2.24) is 24.8 Å². The topological polar surface area (TPSA) is 112 Å². The third kappa shape index (κ3) is 4.40. The lowest BCUT2D eigenvalue weighted by atomic mass is 9.95. The quantitative estimate of drug-likeness (QED) is 0.430. The molecule has 2 aromatic heterocycles. The molecule has 5 rings (SSSR count). The number of hydrogen-bond acceptors (Lipinski definition) is 6. The predicted octanol–water partition coefficient (Wildman–Crippen LogP) is 3.45. The zero-order chi connectivity index (χ0) is 25.4. The van der Waals surface area contributed by atoms with Crippen molar-refractivity contribution in [3.05, 3.63) is 65.5 Å². The Morgan fingerprint density at radius 2 is 1.94 bits per heavy atom. The summed E-state index contributed by atoms with van der Waals surface area (Å²) in [5, 5.41) is 9.16. The first kappa shape index (κ1) is 23.5. The molecule has 0 aliphatic carbocycles. The number of amides is 1. The monoisotopic (exact) mass is 485 g/mol. The van der Waals surface area contributed by atoms with Crippen molar-refractivity contribution < 1.29 is 19.4 Å². The van der Waals surface area contributed by atoms with E-state index in [1.807, 2.05) is 41.4 Å². The number of rotatable bonds is 6. The first-order valence-corrected chi connectivity index (χ1v) is 11.6. The molecule has 0 radical (unpaired) electrons. The summed E-state index contributed by atoms with van der Waals surface area (Å²) >= 11 is 0. The molecule has 2 aromatic carbocycles. The van der Waals surface area contributed by atoms with Gasteiger partial charge in [0.2, 0.25) is 0 Å². The van der Waals surface area contributed by atoms with Crippen molar-refractivity contribution >= 4 is 23.0 Å². The van der Waals surface area contributed by atoms with E-state index in [2.05, 4.69) is 16.0 Å². The standard InChI is InChI=1S/C27H27N5O4/c1-31(2)27(35)17-6-4-16(5-7-17)20-12-28-26-25(20)30-22(13-29-26)19-10-18-8-9-32(15-24(33)34)14-21(18)23(11-19)36-3/h4-7,10-13H,8-9,14-15H2,1-3H3,(H,28,29)(H,33,34). The van der Waals surface area contributed by atoms with Crippen LogP contribution in [0.15, 0.2) is 48.8 Å². The number of carbonyl (C=O) groups excluding carboxylic acids is 1. The third-order valence-electron chi connectivity index (χ3n) is 6.48. The molecule has 36 heavy (non-hydrogen) atoms. The second-order valence-corrected chi connectivity index (χ2v) is 9.10. The van der Waals surface area contributed by atoms with Gasteiger partial charge in [0.15, 0.2) is 5.65 Å². The van der Waals surface area contributed by atoms with Crippen LogP contribution in [0.2, 0.25) is 0 Å². The van der Waals surface area contributed by atoms with Crippen LogP contribution in [0, 0.1) is 0 Å². The van der Waals surface area contributed by atoms with Crippen LogP contribution >= 0.6 is 0 Å². The fraction of sp³-hybridized carbons (Fsp3) is 0.259. The molecule has 4 aromatic rings. The molecule has 3 heterocycles. The van der Waals surface area contributed by atoms with Gasteiger partial charge in [0.05, 0.1) is 25.5 Å². The number of benzene rings is 2. The molecule has 9 heteroatoms. The molecule has 1 aliphatic rings. The van der Waals surface area contributed by atoms with Crippen molar-refractivity contribution in [3.8, 4) is 28.1 Å². The zero-order valence-electron chi connectivity index (χ0n) is 20.4. The summed E-state index contributed by atoms with van der Waals surface area (Å²) in [7, 11) is 5.09. The second-order valence-electron chi connectivity index (χ2n) is 9.10. The Bertz CT molecular complexity index is 1440. The summed E-state index contributed by atoms with van der Waals surface area (Å²) in [6.07, 6.45) is 4.35. The van der Waals surface area contributed by atoms with Gasteiger partial charge in [-0.25, -0.2) is 9.97 Å². The Hall–Kier alpha value is -4.24. The van der Waals surface area contributed by atoms with Gasteiger partial charge in [-0.3, -0.25) is 14.5 Å². The zero-order valence-corrected chi connectivity index (χ0v) is 20.4. The summed E-state index contributed by atoms with van der Waals surface area (Å²) in [6.45, 7) is 1.21. The highest BCUT2D eigenvalue weighted by Crippen LogP contribution is 2.35. The molecule has 0 fully saturated rings. The van der Waals surface area contributed by atoms with Crippen LogP contribution in [-0.4, -0.2) is 76.0 Å². The minimum Gasteiger partial charge on any atom is -0.496 e. The van der Waals surface area contributed by atoms with Crippen molar-refractivity contribution in [2.45, 2.75) is 13.0 Å². The molecule has 0 bridgehead atoms. The van der Waals surface area contributed by atoms with Gasteiger partial charge >= 0.3 is 5.97 Å². The van der Waals surface area contributed by atoms with Crippen LogP contribution in [0.3, 0.4) is 0 Å². The van der Waals surface area contributed by atoms with Crippen LogP contribution in [-0.2, 0) is 17.8 Å². The number of carboxylic acid groups (broad SMARTS) is 1. The Morgan fingerprint density at radius 1 is 1.17 bits per heavy atom. The number of methoxy groups -OCH3 is 1. The number of aromatic nitrogens is 3. The third-order valence-corrected chi connectivity index (χ3v) is 6.48. The number of H-pyrrole nitrogens is 1. The van der Waals surface area contributed by atoms with Crippen LogP contribution in [0.5, 0.6) is 5.75 Å². The molecule has 0 atom stereocenters. The van der Waals surface area contributed by atoms with Crippen LogP contribution < -0.4 is 4.74 Å². The highest BCUT2D eigenvalue weighted by atomic mass is 16.5. The summed E-state index contributed by atoms with van der Waals surface area (Å²) in [4.78, 5) is 39.6. The Morgan fingerprint density at radius 3 is 2.64 bits per heavy atom. The Labute approximate surface area is 208 Å². The molecule has 0 saturated carbocycles. The van der Waals surface area contributed by atoms with Gasteiger partial charge in [-0.1, -0.05) is 12.1 Å². The Balaban J connectivity index is 1.50. The first-order valence-electron chi connectivity index (χ1n) is 11.6. The lowest BCUT2D eigenvalue weighted by molar-refractivity contribution is -0.138. The average Bonchev–Trinajstić information content (AvgIpc) is 3.30. The van der Waals surface area contributed by atoms with E-state index in [1.165, 1.54) is 0 Å². The van der Waals surface area contributed by atoms with Gasteiger partial charge in [-0.2, -0.15) is 0 Å². The number of aliphatic carboxylic acids is 1. The van der Waals surface area contributed by atoms with Crippen LogP contribution in [0.1, 0.15) is 21.5 Å². The van der Waals surface area contributed by atoms with Crippen molar-refractivity contribution in [2.75, 3.05) is 34.3 Å². The van der Waals surface area contributed by atoms with Crippen LogP contribution in [0.4, 0.5) is 0 Å². The van der Waals surface area contributed by atoms with Gasteiger partial charge in [0, 0.05) is 55.6 Å². The molecule has 1 amide bonds. The highest BCUT2D eigenvalue weighted by Gasteiger charge is 2.23. The normalized spacial score (nSPS) is 13.4. The molecule has 9 nitrogen and oxygen atoms in total. The number of fused-ring (bicyclic) bond motifs is 2. The number of carboxylic acids is 1. The molecule has 0 unspecified atom stereocenters. The average molecular weight is 486 g/mol. The number of carbonyl (C=O) groups is 2. The van der Waals surface area contributed by atoms with E-state index in [1.54, 1.807) is 32.3 Å². The number of nitrogens with one attached hydrogen (secondary N) is 1. The van der Waals surface area contributed by atoms with Gasteiger partial charge in [-0.15, -0.1) is 0 Å². The highest BCUT2D eigenvalue weighted by molar-refractivity contribution is 5.96. The predicted molar refractivity (Wildman–Crippen MR) is 136 cm³/mol. The van der Waals surface area contributed by atoms with Crippen LogP contribution in [0.25, 0.3) is 33.5 Å². The summed E-state index contributed by atoms with van der Waals surface area (Å²) in [5.41, 5.74) is 7.63. The summed E-state index contributed by atoms with van der Waals surface area (Å²) in [6, 6.07) is 11.5. The largest absolute Gasteiger partial charge is 0.496 e. The van der Waals surface area contributed by atoms with Crippen molar-refractivity contribution in [2.24, 2.45) is 0 Å². The maximum Gasteiger partial charge on any atom is 0.317 e. The fourth-order valence-corrected chi connectivity index (χ4v) is 4.64. The number of nitrogens with zero attached hydrogens (tertiary/aromatic N) is 4. The van der Waals surface area contributed by atoms with E-state index in [0.717, 1.165) is 51.2 Å². The molecule has 184 valence electrons. The lowest BCUT2D eigenvalue weighted by Crippen LogP contribution is -2.35. The maximum atomic E-state index is 12.2. The number of ether oxygens (including phenoxy) is 1. The lowest BCUT2D eigenvalue weighted by Gasteiger charge is -2.29. The first-order chi connectivity index (χ1) is 17.3. The molecule has 1 aliphatic heterocycles. The molecular weight excluding hydrogens is 458 g/mol. The maximum absolute atomic E-state index is 12.2. The van der Waals surface area contributed by atoms with E-state index in [4.69, 9.17) is 14.8 Å². The van der Waals surface area contributed by atoms with Gasteiger partial charge < -0.3 is 19.7 Å². The van der Waals surface area contributed by atoms with Gasteiger partial charge in [0.1, 0.15) is 11.3 Å². The van der Waals surface area contributed by atoms with E-state index in [9.17, 15) is 9.59 Å². The van der Waals surface area contributed by atoms with E-state index >= 15 is 0 Å². The smallest absolute Gasteiger partial charge is 0.317 e. The van der Waals surface area contributed by atoms with Gasteiger partial charge in [0.25, 0.3) is 5.91 Å². The minimum atomic E-state index is -0.834. The van der Waals surface area contributed by atoms with E-state index < -0.39 is 5.97 Å². The number of hydrogen-bond donors (Lipinski definition) is 2. The fourth-order valence-electron chi connectivity index (χ4n) is 4.64. The molecule has 0 saturated heterocycles. The van der Waals surface area contributed by atoms with Crippen molar-refractivity contribution in [3.63, 3.8) is 0 Å². The second kappa shape index (κ2) is 9.43. The number of aromatic amines is 1. The van der Waals surface area contributed by atoms with E-state index in [-0.39, 0.29) is 12.5 Å². The van der Waals surface area contributed by atoms with Crippen molar-refractivity contribution in [1.29, 1.82) is 0 Å². The SMILES string of the molecule is COc1cc(-c2cnc3[nH]cc(-c4ccc(C(=O)N(C)C)cc4)c3n2)cc2c1CN(CC(=O)O)CC2. The molecular formula is C27H27N5O4. The van der Waals surface area contributed by atoms with Gasteiger partial charge in [-0.05, 0) is 41.8 Å². The summed E-state index contributed by atoms with van der Waals surface area (Å²) < 4.78 is 5.68. The Kier molecular flexibility index (Phi) is 6.15. The molecule has 0 spiro atoms. The summed E-state index contributed by atoms with van der Waals surface area (Å²) in [5.74, 6) is -0.163. The van der Waals surface area contributed by atoms with E-state index in [0.29, 0.717) is 24.3 Å².